The summed E-state index contributed by atoms with van der Waals surface area (Å²) >= 11 is 10.3. The van der Waals surface area contributed by atoms with E-state index in [4.69, 9.17) is 12.2 Å². The number of benzene rings is 2. The molecular formula is C22H19BrN2O2S2. The summed E-state index contributed by atoms with van der Waals surface area (Å²) in [6.07, 6.45) is 0.834. The molecule has 0 aliphatic carbocycles. The predicted octanol–water partition coefficient (Wildman–Crippen LogP) is 5.54. The van der Waals surface area contributed by atoms with Crippen molar-refractivity contribution in [1.29, 1.82) is 0 Å². The van der Waals surface area contributed by atoms with Gasteiger partial charge in [0.15, 0.2) is 0 Å². The van der Waals surface area contributed by atoms with Gasteiger partial charge in [-0.05, 0) is 37.1 Å². The number of amides is 2. The summed E-state index contributed by atoms with van der Waals surface area (Å²) in [6, 6.07) is 15.3. The van der Waals surface area contributed by atoms with Gasteiger partial charge in [-0.1, -0.05) is 77.2 Å². The summed E-state index contributed by atoms with van der Waals surface area (Å²) in [5, 5.41) is 0. The molecule has 148 valence electrons. The van der Waals surface area contributed by atoms with E-state index in [-0.39, 0.29) is 17.9 Å². The molecule has 0 bridgehead atoms. The van der Waals surface area contributed by atoms with Gasteiger partial charge in [0.1, 0.15) is 4.32 Å². The molecule has 1 fully saturated rings. The number of thioether (sulfide) groups is 1. The number of anilines is 1. The van der Waals surface area contributed by atoms with Crippen molar-refractivity contribution in [3.8, 4) is 0 Å². The van der Waals surface area contributed by atoms with Crippen LogP contribution in [0.1, 0.15) is 37.4 Å². The Kier molecular flexibility index (Phi) is 5.64. The van der Waals surface area contributed by atoms with E-state index >= 15 is 0 Å². The molecule has 29 heavy (non-hydrogen) atoms. The molecule has 1 saturated heterocycles. The summed E-state index contributed by atoms with van der Waals surface area (Å²) < 4.78 is 1.35. The van der Waals surface area contributed by atoms with E-state index in [0.717, 1.165) is 27.7 Å². The summed E-state index contributed by atoms with van der Waals surface area (Å²) in [5.74, 6) is -0.336. The van der Waals surface area contributed by atoms with Crippen LogP contribution in [0.3, 0.4) is 0 Å². The Bertz CT molecular complexity index is 1050. The fraction of sp³-hybridized carbons (Fsp3) is 0.227. The number of thiocarbonyl (C=S) groups is 1. The zero-order valence-corrected chi connectivity index (χ0v) is 19.2. The van der Waals surface area contributed by atoms with E-state index in [2.05, 4.69) is 15.9 Å². The molecule has 7 heteroatoms. The molecule has 4 nitrogen and oxygen atoms in total. The summed E-state index contributed by atoms with van der Waals surface area (Å²) in [5.41, 5.74) is 3.08. The Labute approximate surface area is 188 Å². The highest BCUT2D eigenvalue weighted by atomic mass is 79.9. The highest BCUT2D eigenvalue weighted by molar-refractivity contribution is 9.10. The lowest BCUT2D eigenvalue weighted by molar-refractivity contribution is -0.123. The molecule has 2 aromatic rings. The van der Waals surface area contributed by atoms with Crippen molar-refractivity contribution in [2.24, 2.45) is 0 Å². The first-order chi connectivity index (χ1) is 13.9. The molecule has 0 spiro atoms. The van der Waals surface area contributed by atoms with E-state index in [1.54, 1.807) is 9.80 Å². The van der Waals surface area contributed by atoms with Gasteiger partial charge >= 0.3 is 0 Å². The second-order valence-corrected chi connectivity index (χ2v) is 9.51. The summed E-state index contributed by atoms with van der Waals surface area (Å²) in [6.45, 7) is 4.60. The fourth-order valence-electron chi connectivity index (χ4n) is 3.71. The topological polar surface area (TPSA) is 40.6 Å². The minimum atomic E-state index is -0.205. The number of hydrogen-bond acceptors (Lipinski definition) is 4. The van der Waals surface area contributed by atoms with Crippen LogP contribution in [0.4, 0.5) is 5.69 Å². The highest BCUT2D eigenvalue weighted by Gasteiger charge is 2.43. The van der Waals surface area contributed by atoms with Crippen molar-refractivity contribution in [3.63, 3.8) is 0 Å². The molecule has 2 amide bonds. The van der Waals surface area contributed by atoms with Crippen LogP contribution in [-0.2, 0) is 9.59 Å². The van der Waals surface area contributed by atoms with Crippen molar-refractivity contribution in [1.82, 2.24) is 4.90 Å². The first-order valence-electron chi connectivity index (χ1n) is 9.40. The third-order valence-electron chi connectivity index (χ3n) is 5.12. The third-order valence-corrected chi connectivity index (χ3v) is 7.01. The van der Waals surface area contributed by atoms with Crippen LogP contribution < -0.4 is 4.90 Å². The molecule has 2 heterocycles. The maximum Gasteiger partial charge on any atom is 0.267 e. The van der Waals surface area contributed by atoms with Crippen molar-refractivity contribution in [2.75, 3.05) is 11.4 Å². The van der Waals surface area contributed by atoms with Crippen LogP contribution >= 0.6 is 39.9 Å². The molecule has 0 unspecified atom stereocenters. The van der Waals surface area contributed by atoms with Crippen LogP contribution in [0, 0.1) is 0 Å². The van der Waals surface area contributed by atoms with Crippen LogP contribution in [0.5, 0.6) is 0 Å². The van der Waals surface area contributed by atoms with Gasteiger partial charge in [0.05, 0.1) is 22.2 Å². The van der Waals surface area contributed by atoms with Crippen LogP contribution in [0.15, 0.2) is 57.9 Å². The Morgan fingerprint density at radius 2 is 1.83 bits per heavy atom. The first kappa shape index (κ1) is 20.3. The zero-order valence-electron chi connectivity index (χ0n) is 16.0. The molecule has 0 N–H and O–H groups in total. The Balaban J connectivity index is 1.80. The number of hydrogen-bond donors (Lipinski definition) is 0. The molecular weight excluding hydrogens is 468 g/mol. The van der Waals surface area contributed by atoms with Gasteiger partial charge in [0, 0.05) is 16.6 Å². The van der Waals surface area contributed by atoms with E-state index in [1.165, 1.54) is 11.8 Å². The Morgan fingerprint density at radius 1 is 1.10 bits per heavy atom. The fourth-order valence-corrected chi connectivity index (χ4v) is 5.56. The molecule has 0 saturated carbocycles. The molecule has 0 radical (unpaired) electrons. The summed E-state index contributed by atoms with van der Waals surface area (Å²) in [4.78, 5) is 30.5. The average molecular weight is 487 g/mol. The monoisotopic (exact) mass is 486 g/mol. The van der Waals surface area contributed by atoms with Gasteiger partial charge in [0.25, 0.3) is 11.8 Å². The standard InChI is InChI=1S/C22H19BrN2O2S2/c1-3-11-24-17-10-9-15(23)12-16(17)18(20(24)26)19-21(27)25(22(28)29-19)13(2)14-7-5-4-6-8-14/h4-10,12-13H,3,11H2,1-2H3/b19-18-/t13-/m1/s1. The number of carbonyl (C=O) groups is 2. The number of fused-ring (bicyclic) bond motifs is 1. The molecule has 2 aliphatic rings. The van der Waals surface area contributed by atoms with E-state index in [1.807, 2.05) is 62.4 Å². The van der Waals surface area contributed by atoms with Gasteiger partial charge in [-0.2, -0.15) is 0 Å². The molecule has 4 rings (SSSR count). The van der Waals surface area contributed by atoms with Crippen molar-refractivity contribution < 1.29 is 9.59 Å². The lowest BCUT2D eigenvalue weighted by Gasteiger charge is -2.23. The van der Waals surface area contributed by atoms with Gasteiger partial charge in [-0.25, -0.2) is 0 Å². The number of nitrogens with zero attached hydrogens (tertiary/aromatic N) is 2. The van der Waals surface area contributed by atoms with Crippen molar-refractivity contribution in [2.45, 2.75) is 26.3 Å². The number of halogens is 1. The number of rotatable bonds is 4. The summed E-state index contributed by atoms with van der Waals surface area (Å²) in [7, 11) is 0. The Hall–Kier alpha value is -1.96. The quantitative estimate of drug-likeness (QED) is 0.420. The third kappa shape index (κ3) is 3.45. The lowest BCUT2D eigenvalue weighted by Crippen LogP contribution is -2.32. The lowest BCUT2D eigenvalue weighted by atomic mass is 10.1. The molecule has 0 aromatic heterocycles. The SMILES string of the molecule is CCCN1C(=O)/C(=C2\SC(=S)N([C@H](C)c3ccccc3)C2=O)c2cc(Br)ccc21. The number of carbonyl (C=O) groups excluding carboxylic acids is 2. The van der Waals surface area contributed by atoms with E-state index in [9.17, 15) is 9.59 Å². The molecule has 1 atom stereocenters. The van der Waals surface area contributed by atoms with E-state index < -0.39 is 0 Å². The highest BCUT2D eigenvalue weighted by Crippen LogP contribution is 2.47. The normalized spacial score (nSPS) is 19.9. The van der Waals surface area contributed by atoms with Crippen LogP contribution in [0.2, 0.25) is 0 Å². The molecule has 2 aromatic carbocycles. The average Bonchev–Trinajstić information content (AvgIpc) is 3.14. The first-order valence-corrected chi connectivity index (χ1v) is 11.4. The second kappa shape index (κ2) is 8.05. The largest absolute Gasteiger partial charge is 0.308 e. The Morgan fingerprint density at radius 3 is 2.52 bits per heavy atom. The van der Waals surface area contributed by atoms with E-state index in [0.29, 0.717) is 21.3 Å². The minimum absolute atomic E-state index is 0.132. The maximum absolute atomic E-state index is 13.4. The maximum atomic E-state index is 13.4. The smallest absolute Gasteiger partial charge is 0.267 e. The van der Waals surface area contributed by atoms with Gasteiger partial charge < -0.3 is 4.90 Å². The van der Waals surface area contributed by atoms with Crippen molar-refractivity contribution in [3.05, 3.63) is 69.0 Å². The van der Waals surface area contributed by atoms with Gasteiger partial charge in [0.2, 0.25) is 0 Å². The minimum Gasteiger partial charge on any atom is -0.308 e. The molecule has 2 aliphatic heterocycles. The van der Waals surface area contributed by atoms with Crippen LogP contribution in [0.25, 0.3) is 5.57 Å². The van der Waals surface area contributed by atoms with Gasteiger partial charge in [-0.3, -0.25) is 14.5 Å². The van der Waals surface area contributed by atoms with Crippen LogP contribution in [-0.4, -0.2) is 27.6 Å². The predicted molar refractivity (Wildman–Crippen MR) is 126 cm³/mol. The second-order valence-electron chi connectivity index (χ2n) is 6.95. The van der Waals surface area contributed by atoms with Crippen molar-refractivity contribution >= 4 is 67.3 Å². The van der Waals surface area contributed by atoms with Gasteiger partial charge in [-0.15, -0.1) is 0 Å². The zero-order chi connectivity index (χ0) is 20.7.